The molecule has 5 rings (SSSR count). The van der Waals surface area contributed by atoms with Crippen molar-refractivity contribution in [3.8, 4) is 11.5 Å². The van der Waals surface area contributed by atoms with Crippen LogP contribution in [-0.2, 0) is 9.59 Å². The van der Waals surface area contributed by atoms with Gasteiger partial charge in [0, 0.05) is 10.6 Å². The van der Waals surface area contributed by atoms with Gasteiger partial charge in [-0.05, 0) is 60.7 Å². The van der Waals surface area contributed by atoms with Gasteiger partial charge in [-0.3, -0.25) is 19.0 Å². The number of fused-ring (bicyclic) bond motifs is 1. The minimum atomic E-state index is -0.624. The van der Waals surface area contributed by atoms with E-state index in [-0.39, 0.29) is 18.1 Å². The first-order valence-electron chi connectivity index (χ1n) is 12.3. The maximum Gasteiger partial charge on any atom is 0.271 e. The number of carbonyl (C=O) groups is 2. The highest BCUT2D eigenvalue weighted by Gasteiger charge is 2.33. The van der Waals surface area contributed by atoms with Gasteiger partial charge in [0.1, 0.15) is 6.04 Å². The van der Waals surface area contributed by atoms with Crippen molar-refractivity contribution in [3.63, 3.8) is 0 Å². The summed E-state index contributed by atoms with van der Waals surface area (Å²) in [5, 5.41) is 4.93. The molecule has 0 radical (unpaired) electrons. The van der Waals surface area contributed by atoms with Crippen molar-refractivity contribution in [2.45, 2.75) is 19.9 Å². The maximum absolute atomic E-state index is 13.8. The predicted octanol–water partition coefficient (Wildman–Crippen LogP) is 3.12. The van der Waals surface area contributed by atoms with Crippen molar-refractivity contribution < 1.29 is 19.1 Å². The number of benzene rings is 2. The van der Waals surface area contributed by atoms with Gasteiger partial charge in [-0.2, -0.15) is 0 Å². The molecule has 11 heteroatoms. The van der Waals surface area contributed by atoms with E-state index in [1.807, 2.05) is 48.7 Å². The second-order valence-electron chi connectivity index (χ2n) is 9.03. The summed E-state index contributed by atoms with van der Waals surface area (Å²) in [5.41, 5.74) is 8.21. The first-order chi connectivity index (χ1) is 19.3. The average molecular weight is 575 g/mol. The van der Waals surface area contributed by atoms with Crippen LogP contribution in [0.1, 0.15) is 29.0 Å². The van der Waals surface area contributed by atoms with E-state index in [4.69, 9.17) is 15.2 Å². The van der Waals surface area contributed by atoms with Crippen LogP contribution in [0.2, 0.25) is 0 Å². The Balaban J connectivity index is 1.58. The zero-order valence-corrected chi connectivity index (χ0v) is 23.6. The third-order valence-corrected chi connectivity index (χ3v) is 8.24. The van der Waals surface area contributed by atoms with E-state index in [9.17, 15) is 14.4 Å². The second-order valence-corrected chi connectivity index (χ2v) is 11.0. The molecule has 2 aromatic heterocycles. The van der Waals surface area contributed by atoms with Gasteiger partial charge in [0.25, 0.3) is 17.4 Å². The molecule has 0 fully saturated rings. The fourth-order valence-electron chi connectivity index (χ4n) is 4.42. The molecule has 40 heavy (non-hydrogen) atoms. The number of amides is 2. The Labute approximate surface area is 237 Å². The fraction of sp³-hybridized carbons (Fsp3) is 0.172. The van der Waals surface area contributed by atoms with Gasteiger partial charge in [-0.1, -0.05) is 41.7 Å². The minimum Gasteiger partial charge on any atom is -0.493 e. The molecule has 2 aromatic carbocycles. The Morgan fingerprint density at radius 3 is 2.62 bits per heavy atom. The van der Waals surface area contributed by atoms with Crippen LogP contribution in [-0.4, -0.2) is 30.1 Å². The molecule has 1 aliphatic rings. The number of anilines is 1. The Morgan fingerprint density at radius 2 is 1.93 bits per heavy atom. The molecule has 0 bridgehead atoms. The number of aryl methyl sites for hydroxylation is 1. The van der Waals surface area contributed by atoms with E-state index >= 15 is 0 Å². The van der Waals surface area contributed by atoms with Crippen LogP contribution in [0.25, 0.3) is 6.08 Å². The van der Waals surface area contributed by atoms with Gasteiger partial charge in [0.15, 0.2) is 22.9 Å². The summed E-state index contributed by atoms with van der Waals surface area (Å²) in [7, 11) is 1.48. The largest absolute Gasteiger partial charge is 0.493 e. The minimum absolute atomic E-state index is 0.260. The topological polar surface area (TPSA) is 125 Å². The number of nitrogens with zero attached hydrogens (tertiary/aromatic N) is 2. The lowest BCUT2D eigenvalue weighted by atomic mass is 10.0. The van der Waals surface area contributed by atoms with Crippen molar-refractivity contribution in [1.29, 1.82) is 0 Å². The third-order valence-electron chi connectivity index (χ3n) is 6.33. The van der Waals surface area contributed by atoms with E-state index in [0.29, 0.717) is 43.4 Å². The molecule has 1 unspecified atom stereocenters. The van der Waals surface area contributed by atoms with Crippen LogP contribution in [0.5, 0.6) is 11.5 Å². The number of hydrogen-bond acceptors (Lipinski definition) is 8. The molecule has 204 valence electrons. The number of nitrogens with one attached hydrogen (secondary N) is 1. The number of thiophene rings is 1. The third kappa shape index (κ3) is 5.33. The Morgan fingerprint density at radius 1 is 1.12 bits per heavy atom. The van der Waals surface area contributed by atoms with Gasteiger partial charge in [-0.25, -0.2) is 4.99 Å². The van der Waals surface area contributed by atoms with Crippen molar-refractivity contribution in [1.82, 2.24) is 4.57 Å². The lowest BCUT2D eigenvalue weighted by Gasteiger charge is -2.24. The average Bonchev–Trinajstić information content (AvgIpc) is 3.56. The van der Waals surface area contributed by atoms with Crippen molar-refractivity contribution in [2.24, 2.45) is 10.7 Å². The summed E-state index contributed by atoms with van der Waals surface area (Å²) in [4.78, 5) is 44.6. The van der Waals surface area contributed by atoms with Crippen LogP contribution in [0.15, 0.2) is 81.0 Å². The van der Waals surface area contributed by atoms with E-state index in [1.165, 1.54) is 29.8 Å². The number of para-hydroxylation sites is 1. The number of ether oxygens (including phenoxy) is 2. The SMILES string of the molecule is COc1cc(C=c2sc3n(c2=O)C(c2cccs2)C(C(=O)Nc2ccccc2C)=C(C)N=3)ccc1OCC(N)=O. The molecule has 0 spiro atoms. The van der Waals surface area contributed by atoms with Crippen LogP contribution in [0.3, 0.4) is 0 Å². The molecule has 9 nitrogen and oxygen atoms in total. The van der Waals surface area contributed by atoms with E-state index < -0.39 is 11.9 Å². The normalized spacial score (nSPS) is 14.9. The fourth-order valence-corrected chi connectivity index (χ4v) is 6.29. The Hall–Kier alpha value is -4.48. The van der Waals surface area contributed by atoms with E-state index in [0.717, 1.165) is 10.4 Å². The molecular formula is C29H26N4O5S2. The molecule has 0 saturated carbocycles. The molecule has 2 amide bonds. The second kappa shape index (κ2) is 11.3. The Kier molecular flexibility index (Phi) is 7.67. The summed E-state index contributed by atoms with van der Waals surface area (Å²) in [6.45, 7) is 3.43. The molecular weight excluding hydrogens is 548 g/mol. The summed E-state index contributed by atoms with van der Waals surface area (Å²) >= 11 is 2.72. The molecule has 3 heterocycles. The highest BCUT2D eigenvalue weighted by Crippen LogP contribution is 2.33. The zero-order chi connectivity index (χ0) is 28.4. The lowest BCUT2D eigenvalue weighted by molar-refractivity contribution is -0.120. The number of allylic oxidation sites excluding steroid dienone is 1. The van der Waals surface area contributed by atoms with Crippen molar-refractivity contribution >= 4 is 46.3 Å². The van der Waals surface area contributed by atoms with Crippen LogP contribution < -0.4 is 35.4 Å². The smallest absolute Gasteiger partial charge is 0.271 e. The number of thiazole rings is 1. The lowest BCUT2D eigenvalue weighted by Crippen LogP contribution is -2.40. The molecule has 3 N–H and O–H groups in total. The highest BCUT2D eigenvalue weighted by atomic mass is 32.1. The number of carbonyl (C=O) groups excluding carboxylic acids is 2. The van der Waals surface area contributed by atoms with Gasteiger partial charge in [0.05, 0.1) is 22.9 Å². The van der Waals surface area contributed by atoms with Crippen LogP contribution >= 0.6 is 22.7 Å². The van der Waals surface area contributed by atoms with Gasteiger partial charge in [-0.15, -0.1) is 11.3 Å². The van der Waals surface area contributed by atoms with E-state index in [2.05, 4.69) is 10.3 Å². The molecule has 0 saturated heterocycles. The standard InChI is InChI=1S/C29H26N4O5S2/c1-16-7-4-5-8-19(16)32-27(35)25-17(2)31-29-33(26(25)22-9-6-12-39-22)28(36)23(40-29)14-18-10-11-20(21(13-18)37-3)38-15-24(30)34/h4-14,26H,15H2,1-3H3,(H2,30,34)(H,32,35). The first-order valence-corrected chi connectivity index (χ1v) is 14.0. The number of methoxy groups -OCH3 is 1. The molecule has 1 aliphatic heterocycles. The maximum atomic E-state index is 13.8. The van der Waals surface area contributed by atoms with Gasteiger partial charge >= 0.3 is 0 Å². The summed E-state index contributed by atoms with van der Waals surface area (Å²) in [6, 6.07) is 15.8. The predicted molar refractivity (Wildman–Crippen MR) is 156 cm³/mol. The number of aromatic nitrogens is 1. The number of rotatable bonds is 8. The van der Waals surface area contributed by atoms with Crippen molar-refractivity contribution in [2.75, 3.05) is 19.0 Å². The van der Waals surface area contributed by atoms with Crippen molar-refractivity contribution in [3.05, 3.63) is 107 Å². The summed E-state index contributed by atoms with van der Waals surface area (Å²) in [6.07, 6.45) is 1.74. The number of hydrogen-bond donors (Lipinski definition) is 2. The highest BCUT2D eigenvalue weighted by molar-refractivity contribution is 7.10. The van der Waals surface area contributed by atoms with E-state index in [1.54, 1.807) is 35.8 Å². The number of nitrogens with two attached hydrogens (primary N) is 1. The number of primary amides is 1. The Bertz CT molecular complexity index is 1820. The molecule has 0 aliphatic carbocycles. The molecule has 4 aromatic rings. The molecule has 1 atom stereocenters. The van der Waals surface area contributed by atoms with Gasteiger partial charge < -0.3 is 20.5 Å². The quantitative estimate of drug-likeness (QED) is 0.335. The van der Waals surface area contributed by atoms with Crippen LogP contribution in [0, 0.1) is 6.92 Å². The summed E-state index contributed by atoms with van der Waals surface area (Å²) < 4.78 is 12.8. The van der Waals surface area contributed by atoms with Gasteiger partial charge in [0.2, 0.25) is 0 Å². The summed E-state index contributed by atoms with van der Waals surface area (Å²) in [5.74, 6) is -0.155. The monoisotopic (exact) mass is 574 g/mol. The zero-order valence-electron chi connectivity index (χ0n) is 22.0. The van der Waals surface area contributed by atoms with Crippen LogP contribution in [0.4, 0.5) is 5.69 Å². The first kappa shape index (κ1) is 27.1.